The van der Waals surface area contributed by atoms with E-state index in [0.717, 1.165) is 18.9 Å². The van der Waals surface area contributed by atoms with Gasteiger partial charge in [-0.15, -0.1) is 0 Å². The zero-order chi connectivity index (χ0) is 16.1. The number of hydrogen-bond donors (Lipinski definition) is 1. The standard InChI is InChI=1S/C15H19F3N2S/c1-4-14(5-2,21-3)10-20-12-6-7-13(15(16,17)18)11(8-12)9-19/h6-8,20H,4-5,10H2,1-3H3. The Hall–Kier alpha value is -1.35. The molecule has 0 spiro atoms. The van der Waals surface area contributed by atoms with Gasteiger partial charge in [0.15, 0.2) is 0 Å². The summed E-state index contributed by atoms with van der Waals surface area (Å²) >= 11 is 1.75. The summed E-state index contributed by atoms with van der Waals surface area (Å²) in [6.07, 6.45) is -0.547. The Balaban J connectivity index is 2.95. The maximum Gasteiger partial charge on any atom is 0.417 e. The Morgan fingerprint density at radius 1 is 1.24 bits per heavy atom. The highest BCUT2D eigenvalue weighted by Crippen LogP contribution is 2.34. The van der Waals surface area contributed by atoms with Crippen molar-refractivity contribution in [2.75, 3.05) is 18.1 Å². The molecule has 21 heavy (non-hydrogen) atoms. The second-order valence-corrected chi connectivity index (χ2v) is 6.09. The molecule has 0 amide bonds. The summed E-state index contributed by atoms with van der Waals surface area (Å²) in [4.78, 5) is 0. The fraction of sp³-hybridized carbons (Fsp3) is 0.533. The highest BCUT2D eigenvalue weighted by Gasteiger charge is 2.33. The minimum Gasteiger partial charge on any atom is -0.384 e. The van der Waals surface area contributed by atoms with Crippen molar-refractivity contribution in [2.24, 2.45) is 0 Å². The lowest BCUT2D eigenvalue weighted by Gasteiger charge is -2.30. The van der Waals surface area contributed by atoms with Gasteiger partial charge >= 0.3 is 6.18 Å². The van der Waals surface area contributed by atoms with Crippen LogP contribution in [0.2, 0.25) is 0 Å². The van der Waals surface area contributed by atoms with Crippen LogP contribution in [-0.2, 0) is 6.18 Å². The van der Waals surface area contributed by atoms with Crippen molar-refractivity contribution in [3.63, 3.8) is 0 Å². The maximum atomic E-state index is 12.7. The average molecular weight is 316 g/mol. The van der Waals surface area contributed by atoms with Gasteiger partial charge in [0, 0.05) is 17.0 Å². The molecule has 0 heterocycles. The molecule has 0 radical (unpaired) electrons. The molecular weight excluding hydrogens is 297 g/mol. The van der Waals surface area contributed by atoms with Crippen LogP contribution in [-0.4, -0.2) is 17.5 Å². The largest absolute Gasteiger partial charge is 0.417 e. The first-order valence-corrected chi connectivity index (χ1v) is 7.94. The monoisotopic (exact) mass is 316 g/mol. The van der Waals surface area contributed by atoms with Gasteiger partial charge in [0.2, 0.25) is 0 Å². The number of alkyl halides is 3. The summed E-state index contributed by atoms with van der Waals surface area (Å²) in [5.41, 5.74) is -0.701. The maximum absolute atomic E-state index is 12.7. The van der Waals surface area contributed by atoms with Crippen LogP contribution in [0.15, 0.2) is 18.2 Å². The molecule has 0 atom stereocenters. The van der Waals surface area contributed by atoms with Crippen molar-refractivity contribution in [1.29, 1.82) is 5.26 Å². The van der Waals surface area contributed by atoms with Crippen LogP contribution in [0.4, 0.5) is 18.9 Å². The number of benzene rings is 1. The number of anilines is 1. The molecule has 0 fully saturated rings. The lowest BCUT2D eigenvalue weighted by Crippen LogP contribution is -2.32. The van der Waals surface area contributed by atoms with Crippen molar-refractivity contribution in [1.82, 2.24) is 0 Å². The average Bonchev–Trinajstić information content (AvgIpc) is 2.48. The van der Waals surface area contributed by atoms with E-state index in [1.807, 2.05) is 6.26 Å². The zero-order valence-corrected chi connectivity index (χ0v) is 13.2. The Morgan fingerprint density at radius 3 is 2.29 bits per heavy atom. The number of thioether (sulfide) groups is 1. The van der Waals surface area contributed by atoms with E-state index in [2.05, 4.69) is 19.2 Å². The second kappa shape index (κ2) is 7.08. The molecule has 0 saturated heterocycles. The third kappa shape index (κ3) is 4.31. The van der Waals surface area contributed by atoms with E-state index in [4.69, 9.17) is 5.26 Å². The third-order valence-electron chi connectivity index (χ3n) is 3.78. The van der Waals surface area contributed by atoms with Crippen LogP contribution in [0, 0.1) is 11.3 Å². The summed E-state index contributed by atoms with van der Waals surface area (Å²) < 4.78 is 38.2. The smallest absolute Gasteiger partial charge is 0.384 e. The van der Waals surface area contributed by atoms with E-state index >= 15 is 0 Å². The quantitative estimate of drug-likeness (QED) is 0.810. The van der Waals surface area contributed by atoms with Crippen LogP contribution >= 0.6 is 11.8 Å². The zero-order valence-electron chi connectivity index (χ0n) is 12.3. The molecule has 6 heteroatoms. The van der Waals surface area contributed by atoms with Crippen LogP contribution < -0.4 is 5.32 Å². The molecule has 0 aliphatic rings. The Labute approximate surface area is 127 Å². The topological polar surface area (TPSA) is 35.8 Å². The van der Waals surface area contributed by atoms with E-state index < -0.39 is 11.7 Å². The van der Waals surface area contributed by atoms with Crippen molar-refractivity contribution in [2.45, 2.75) is 37.6 Å². The Kier molecular flexibility index (Phi) is 5.97. The first-order valence-electron chi connectivity index (χ1n) is 6.72. The molecule has 0 saturated carbocycles. The molecule has 0 bridgehead atoms. The molecule has 0 aromatic heterocycles. The van der Waals surface area contributed by atoms with Gasteiger partial charge in [-0.05, 0) is 37.3 Å². The lowest BCUT2D eigenvalue weighted by molar-refractivity contribution is -0.137. The van der Waals surface area contributed by atoms with E-state index in [-0.39, 0.29) is 10.3 Å². The summed E-state index contributed by atoms with van der Waals surface area (Å²) in [5.74, 6) is 0. The van der Waals surface area contributed by atoms with Gasteiger partial charge in [0.1, 0.15) is 0 Å². The highest BCUT2D eigenvalue weighted by atomic mass is 32.2. The van der Waals surface area contributed by atoms with E-state index in [9.17, 15) is 13.2 Å². The molecule has 0 unspecified atom stereocenters. The number of nitrogens with zero attached hydrogens (tertiary/aromatic N) is 1. The predicted octanol–water partition coefficient (Wildman–Crippen LogP) is 4.91. The van der Waals surface area contributed by atoms with Gasteiger partial charge in [-0.25, -0.2) is 0 Å². The van der Waals surface area contributed by atoms with Gasteiger partial charge < -0.3 is 5.32 Å². The predicted molar refractivity (Wildman–Crippen MR) is 81.5 cm³/mol. The molecule has 1 N–H and O–H groups in total. The molecule has 1 aromatic rings. The minimum atomic E-state index is -4.50. The normalized spacial score (nSPS) is 12.0. The highest BCUT2D eigenvalue weighted by molar-refractivity contribution is 8.00. The Bertz CT molecular complexity index is 508. The van der Waals surface area contributed by atoms with Crippen LogP contribution in [0.3, 0.4) is 0 Å². The fourth-order valence-corrected chi connectivity index (χ4v) is 2.91. The van der Waals surface area contributed by atoms with E-state index in [1.165, 1.54) is 12.1 Å². The molecule has 0 aliphatic carbocycles. The van der Waals surface area contributed by atoms with Crippen LogP contribution in [0.25, 0.3) is 0 Å². The molecular formula is C15H19F3N2S. The summed E-state index contributed by atoms with van der Waals surface area (Å²) in [6.45, 7) is 4.83. The van der Waals surface area contributed by atoms with Crippen molar-refractivity contribution in [3.05, 3.63) is 29.3 Å². The van der Waals surface area contributed by atoms with Gasteiger partial charge in [-0.3, -0.25) is 0 Å². The number of nitriles is 1. The molecule has 2 nitrogen and oxygen atoms in total. The number of rotatable bonds is 6. The first-order chi connectivity index (χ1) is 9.81. The molecule has 116 valence electrons. The van der Waals surface area contributed by atoms with Gasteiger partial charge in [0.05, 0.1) is 17.2 Å². The van der Waals surface area contributed by atoms with Gasteiger partial charge in [-0.1, -0.05) is 13.8 Å². The van der Waals surface area contributed by atoms with Crippen molar-refractivity contribution < 1.29 is 13.2 Å². The number of nitrogens with one attached hydrogen (secondary N) is 1. The fourth-order valence-electron chi connectivity index (χ4n) is 2.12. The van der Waals surface area contributed by atoms with E-state index in [1.54, 1.807) is 17.8 Å². The third-order valence-corrected chi connectivity index (χ3v) is 5.37. The van der Waals surface area contributed by atoms with Crippen molar-refractivity contribution >= 4 is 17.4 Å². The second-order valence-electron chi connectivity index (χ2n) is 4.82. The molecule has 1 aromatic carbocycles. The molecule has 0 aliphatic heterocycles. The van der Waals surface area contributed by atoms with Crippen LogP contribution in [0.1, 0.15) is 37.8 Å². The minimum absolute atomic E-state index is 0.0511. The first kappa shape index (κ1) is 17.7. The van der Waals surface area contributed by atoms with Gasteiger partial charge in [-0.2, -0.15) is 30.2 Å². The number of hydrogen-bond acceptors (Lipinski definition) is 3. The summed E-state index contributed by atoms with van der Waals surface area (Å²) in [6, 6.07) is 5.21. The SMILES string of the molecule is CCC(CC)(CNc1ccc(C(F)(F)F)c(C#N)c1)SC. The number of halogens is 3. The Morgan fingerprint density at radius 2 is 1.86 bits per heavy atom. The van der Waals surface area contributed by atoms with E-state index in [0.29, 0.717) is 12.2 Å². The van der Waals surface area contributed by atoms with Gasteiger partial charge in [0.25, 0.3) is 0 Å². The van der Waals surface area contributed by atoms with Crippen molar-refractivity contribution in [3.8, 4) is 6.07 Å². The molecule has 1 rings (SSSR count). The summed E-state index contributed by atoms with van der Waals surface area (Å²) in [7, 11) is 0. The van der Waals surface area contributed by atoms with Crippen LogP contribution in [0.5, 0.6) is 0 Å². The summed E-state index contributed by atoms with van der Waals surface area (Å²) in [5, 5.41) is 12.0. The lowest BCUT2D eigenvalue weighted by atomic mass is 10.0.